The summed E-state index contributed by atoms with van der Waals surface area (Å²) in [5.41, 5.74) is -0.496. The minimum atomic E-state index is -0.496. The summed E-state index contributed by atoms with van der Waals surface area (Å²) in [4.78, 5) is 25.9. The monoisotopic (exact) mass is 311 g/mol. The van der Waals surface area contributed by atoms with E-state index in [1.165, 1.54) is 6.42 Å². The molecule has 126 valence electrons. The molecule has 1 aliphatic heterocycles. The van der Waals surface area contributed by atoms with Gasteiger partial charge in [-0.25, -0.2) is 4.79 Å². The van der Waals surface area contributed by atoms with E-state index < -0.39 is 5.60 Å². The molecule has 2 rings (SSSR count). The third kappa shape index (κ3) is 4.89. The van der Waals surface area contributed by atoms with Crippen LogP contribution in [0, 0.1) is 11.8 Å². The number of rotatable bonds is 2. The van der Waals surface area contributed by atoms with Crippen LogP contribution in [0.25, 0.3) is 0 Å². The van der Waals surface area contributed by atoms with Crippen LogP contribution < -0.4 is 0 Å². The number of hydrogen-bond acceptors (Lipinski definition) is 4. The van der Waals surface area contributed by atoms with Gasteiger partial charge in [-0.1, -0.05) is 19.8 Å². The van der Waals surface area contributed by atoms with Crippen molar-refractivity contribution in [3.63, 3.8) is 0 Å². The van der Waals surface area contributed by atoms with Crippen LogP contribution in [0.15, 0.2) is 0 Å². The van der Waals surface area contributed by atoms with Gasteiger partial charge >= 0.3 is 12.1 Å². The van der Waals surface area contributed by atoms with Crippen LogP contribution in [0.1, 0.15) is 59.8 Å². The van der Waals surface area contributed by atoms with Gasteiger partial charge < -0.3 is 14.4 Å². The van der Waals surface area contributed by atoms with Crippen LogP contribution in [0.3, 0.4) is 0 Å². The number of likely N-dealkylation sites (tertiary alicyclic amines) is 1. The molecule has 0 N–H and O–H groups in total. The van der Waals surface area contributed by atoms with Gasteiger partial charge in [0.2, 0.25) is 0 Å². The summed E-state index contributed by atoms with van der Waals surface area (Å²) in [5, 5.41) is 0. The predicted molar refractivity (Wildman–Crippen MR) is 83.4 cm³/mol. The molecular formula is C17H29NO4. The van der Waals surface area contributed by atoms with Crippen molar-refractivity contribution >= 4 is 12.1 Å². The largest absolute Gasteiger partial charge is 0.460 e. The first-order valence-electron chi connectivity index (χ1n) is 8.43. The van der Waals surface area contributed by atoms with Gasteiger partial charge in [-0.05, 0) is 39.5 Å². The van der Waals surface area contributed by atoms with Gasteiger partial charge in [0.15, 0.2) is 0 Å². The fraction of sp³-hybridized carbons (Fsp3) is 0.882. The average Bonchev–Trinajstić information content (AvgIpc) is 2.85. The molecule has 3 atom stereocenters. The summed E-state index contributed by atoms with van der Waals surface area (Å²) in [5.74, 6) is 0.565. The second-order valence-electron chi connectivity index (χ2n) is 7.74. The fourth-order valence-corrected chi connectivity index (χ4v) is 3.23. The molecule has 1 saturated heterocycles. The van der Waals surface area contributed by atoms with E-state index in [1.54, 1.807) is 4.90 Å². The highest BCUT2D eigenvalue weighted by Gasteiger charge is 2.34. The Balaban J connectivity index is 1.78. The van der Waals surface area contributed by atoms with Gasteiger partial charge in [-0.2, -0.15) is 0 Å². The van der Waals surface area contributed by atoms with E-state index in [4.69, 9.17) is 9.47 Å². The third-order valence-corrected chi connectivity index (χ3v) is 4.35. The Morgan fingerprint density at radius 1 is 1.14 bits per heavy atom. The summed E-state index contributed by atoms with van der Waals surface area (Å²) < 4.78 is 11.0. The number of carbonyl (C=O) groups is 2. The number of nitrogens with zero attached hydrogens (tertiary/aromatic N) is 1. The molecule has 2 aliphatic rings. The molecule has 0 aromatic rings. The van der Waals surface area contributed by atoms with Gasteiger partial charge in [-0.15, -0.1) is 0 Å². The van der Waals surface area contributed by atoms with Crippen molar-refractivity contribution in [2.75, 3.05) is 13.1 Å². The lowest BCUT2D eigenvalue weighted by Gasteiger charge is -2.26. The molecule has 2 fully saturated rings. The van der Waals surface area contributed by atoms with Crippen molar-refractivity contribution in [3.8, 4) is 0 Å². The molecule has 0 aromatic heterocycles. The Kier molecular flexibility index (Phi) is 5.35. The molecule has 1 aliphatic carbocycles. The zero-order valence-electron chi connectivity index (χ0n) is 14.3. The maximum absolute atomic E-state index is 12.2. The van der Waals surface area contributed by atoms with E-state index in [0.29, 0.717) is 25.4 Å². The summed E-state index contributed by atoms with van der Waals surface area (Å²) in [7, 11) is 0. The van der Waals surface area contributed by atoms with Crippen molar-refractivity contribution in [2.45, 2.75) is 71.5 Å². The molecule has 5 heteroatoms. The normalized spacial score (nSPS) is 29.3. The molecule has 1 heterocycles. The molecule has 0 spiro atoms. The third-order valence-electron chi connectivity index (χ3n) is 4.35. The lowest BCUT2D eigenvalue weighted by Crippen LogP contribution is -2.36. The van der Waals surface area contributed by atoms with Crippen LogP contribution in [0.2, 0.25) is 0 Å². The van der Waals surface area contributed by atoms with E-state index in [1.807, 2.05) is 20.8 Å². The molecule has 0 unspecified atom stereocenters. The number of hydrogen-bond donors (Lipinski definition) is 0. The molecule has 5 nitrogen and oxygen atoms in total. The first-order valence-corrected chi connectivity index (χ1v) is 8.43. The molecule has 1 saturated carbocycles. The van der Waals surface area contributed by atoms with E-state index >= 15 is 0 Å². The minimum absolute atomic E-state index is 0.0410. The summed E-state index contributed by atoms with van der Waals surface area (Å²) in [6.07, 6.45) is 4.38. The summed E-state index contributed by atoms with van der Waals surface area (Å²) in [6.45, 7) is 8.78. The second-order valence-corrected chi connectivity index (χ2v) is 7.74. The second kappa shape index (κ2) is 6.88. The van der Waals surface area contributed by atoms with Crippen molar-refractivity contribution in [2.24, 2.45) is 11.8 Å². The summed E-state index contributed by atoms with van der Waals surface area (Å²) >= 11 is 0. The summed E-state index contributed by atoms with van der Waals surface area (Å²) in [6, 6.07) is 0. The van der Waals surface area contributed by atoms with E-state index in [2.05, 4.69) is 6.92 Å². The lowest BCUT2D eigenvalue weighted by atomic mass is 9.82. The van der Waals surface area contributed by atoms with Gasteiger partial charge in [0.1, 0.15) is 11.7 Å². The Labute approximate surface area is 133 Å². The van der Waals surface area contributed by atoms with Crippen molar-refractivity contribution in [3.05, 3.63) is 0 Å². The number of amides is 1. The standard InChI is InChI=1S/C17H29NO4/c1-12-6-5-7-13(10-12)15(19)21-14-8-9-18(11-14)16(20)22-17(2,3)4/h12-14H,5-11H2,1-4H3/t12-,13+,14+/m1/s1. The van der Waals surface area contributed by atoms with E-state index in [-0.39, 0.29) is 24.1 Å². The Morgan fingerprint density at radius 2 is 1.86 bits per heavy atom. The van der Waals surface area contributed by atoms with Gasteiger partial charge in [0, 0.05) is 13.0 Å². The quantitative estimate of drug-likeness (QED) is 0.734. The zero-order valence-corrected chi connectivity index (χ0v) is 14.3. The van der Waals surface area contributed by atoms with Crippen molar-refractivity contribution in [1.82, 2.24) is 4.90 Å². The number of esters is 1. The van der Waals surface area contributed by atoms with Crippen molar-refractivity contribution < 1.29 is 19.1 Å². The highest BCUT2D eigenvalue weighted by atomic mass is 16.6. The van der Waals surface area contributed by atoms with Crippen LogP contribution in [0.5, 0.6) is 0 Å². The van der Waals surface area contributed by atoms with Crippen LogP contribution in [0.4, 0.5) is 4.79 Å². The van der Waals surface area contributed by atoms with Crippen LogP contribution in [-0.4, -0.2) is 41.8 Å². The topological polar surface area (TPSA) is 55.8 Å². The Bertz CT molecular complexity index is 415. The molecular weight excluding hydrogens is 282 g/mol. The Morgan fingerprint density at radius 3 is 2.50 bits per heavy atom. The maximum Gasteiger partial charge on any atom is 0.410 e. The van der Waals surface area contributed by atoms with Crippen molar-refractivity contribution in [1.29, 1.82) is 0 Å². The van der Waals surface area contributed by atoms with Crippen LogP contribution >= 0.6 is 0 Å². The minimum Gasteiger partial charge on any atom is -0.460 e. The SMILES string of the molecule is C[C@@H]1CCC[C@H](C(=O)O[C@H]2CCN(C(=O)OC(C)(C)C)C2)C1. The molecule has 1 amide bonds. The smallest absolute Gasteiger partial charge is 0.410 e. The fourth-order valence-electron chi connectivity index (χ4n) is 3.23. The average molecular weight is 311 g/mol. The molecule has 22 heavy (non-hydrogen) atoms. The first kappa shape index (κ1) is 17.1. The zero-order chi connectivity index (χ0) is 16.3. The first-order chi connectivity index (χ1) is 10.2. The molecule has 0 aromatic carbocycles. The van der Waals surface area contributed by atoms with Gasteiger partial charge in [0.25, 0.3) is 0 Å². The van der Waals surface area contributed by atoms with E-state index in [9.17, 15) is 9.59 Å². The highest BCUT2D eigenvalue weighted by molar-refractivity contribution is 5.73. The predicted octanol–water partition coefficient (Wildman–Crippen LogP) is 3.37. The van der Waals surface area contributed by atoms with Crippen LogP contribution in [-0.2, 0) is 14.3 Å². The van der Waals surface area contributed by atoms with Gasteiger partial charge in [-0.3, -0.25) is 4.79 Å². The molecule has 0 bridgehead atoms. The number of ether oxygens (including phenoxy) is 2. The maximum atomic E-state index is 12.2. The number of carbonyl (C=O) groups excluding carboxylic acids is 2. The lowest BCUT2D eigenvalue weighted by molar-refractivity contribution is -0.155. The highest BCUT2D eigenvalue weighted by Crippen LogP contribution is 2.30. The Hall–Kier alpha value is -1.26. The van der Waals surface area contributed by atoms with E-state index in [0.717, 1.165) is 19.3 Å². The van der Waals surface area contributed by atoms with Gasteiger partial charge in [0.05, 0.1) is 12.5 Å². The molecule has 0 radical (unpaired) electrons.